The number of likely N-dealkylation sites (tertiary alicyclic amines) is 2. The maximum atomic E-state index is 14.0. The number of nitrogens with zero attached hydrogens (tertiary/aromatic N) is 3. The summed E-state index contributed by atoms with van der Waals surface area (Å²) >= 11 is 6.09. The molecule has 1 spiro atoms. The van der Waals surface area contributed by atoms with Crippen molar-refractivity contribution in [3.63, 3.8) is 0 Å². The summed E-state index contributed by atoms with van der Waals surface area (Å²) in [6, 6.07) is 9.47. The molecule has 38 heavy (non-hydrogen) atoms. The highest BCUT2D eigenvalue weighted by Gasteiger charge is 2.50. The van der Waals surface area contributed by atoms with E-state index in [1.165, 1.54) is 19.3 Å². The van der Waals surface area contributed by atoms with Crippen molar-refractivity contribution in [1.82, 2.24) is 15.0 Å². The fraction of sp³-hybridized carbons (Fsp3) is 0.633. The molecule has 1 aliphatic carbocycles. The Morgan fingerprint density at radius 1 is 1.18 bits per heavy atom. The SMILES string of the molecule is CC(C)CO[C@@H]1CN(Cc2ccc(Cl)cc2)C(=O)[C@]2(CCCN(C(=O)c3cc(C4CCCCC4)no3)C2)C1. The molecule has 8 heteroatoms. The molecular formula is C30H40ClN3O4. The van der Waals surface area contributed by atoms with Crippen LogP contribution in [0.15, 0.2) is 34.9 Å². The van der Waals surface area contributed by atoms with E-state index in [1.807, 2.05) is 35.2 Å². The highest BCUT2D eigenvalue weighted by molar-refractivity contribution is 6.30. The van der Waals surface area contributed by atoms with Crippen molar-refractivity contribution in [1.29, 1.82) is 0 Å². The van der Waals surface area contributed by atoms with Crippen molar-refractivity contribution in [2.75, 3.05) is 26.2 Å². The van der Waals surface area contributed by atoms with Gasteiger partial charge in [0.15, 0.2) is 0 Å². The number of amides is 2. The number of carbonyl (C=O) groups is 2. The Morgan fingerprint density at radius 2 is 1.95 bits per heavy atom. The van der Waals surface area contributed by atoms with E-state index in [4.69, 9.17) is 20.9 Å². The van der Waals surface area contributed by atoms with Crippen LogP contribution >= 0.6 is 11.6 Å². The molecule has 3 aliphatic rings. The number of aromatic nitrogens is 1. The van der Waals surface area contributed by atoms with E-state index in [9.17, 15) is 9.59 Å². The van der Waals surface area contributed by atoms with Crippen LogP contribution in [0.2, 0.25) is 5.02 Å². The Labute approximate surface area is 230 Å². The molecule has 1 saturated carbocycles. The van der Waals surface area contributed by atoms with E-state index in [0.717, 1.165) is 36.9 Å². The minimum atomic E-state index is -0.660. The lowest BCUT2D eigenvalue weighted by Gasteiger charge is -2.49. The molecule has 5 rings (SSSR count). The Hall–Kier alpha value is -2.38. The third kappa shape index (κ3) is 6.09. The summed E-state index contributed by atoms with van der Waals surface area (Å²) in [4.78, 5) is 31.3. The van der Waals surface area contributed by atoms with Crippen LogP contribution in [0, 0.1) is 11.3 Å². The summed E-state index contributed by atoms with van der Waals surface area (Å²) in [7, 11) is 0. The Bertz CT molecular complexity index is 1110. The summed E-state index contributed by atoms with van der Waals surface area (Å²) < 4.78 is 11.9. The van der Waals surface area contributed by atoms with Gasteiger partial charge in [-0.25, -0.2) is 0 Å². The van der Waals surface area contributed by atoms with Crippen LogP contribution < -0.4 is 0 Å². The van der Waals surface area contributed by atoms with Crippen LogP contribution in [0.1, 0.15) is 92.9 Å². The molecule has 2 saturated heterocycles. The summed E-state index contributed by atoms with van der Waals surface area (Å²) in [5.74, 6) is 1.01. The van der Waals surface area contributed by atoms with Crippen molar-refractivity contribution in [2.24, 2.45) is 11.3 Å². The number of rotatable bonds is 7. The molecule has 3 fully saturated rings. The number of piperidine rings is 2. The van der Waals surface area contributed by atoms with Gasteiger partial charge in [0.25, 0.3) is 5.91 Å². The molecule has 2 atom stereocenters. The zero-order valence-corrected chi connectivity index (χ0v) is 23.4. The molecule has 1 aromatic carbocycles. The first-order valence-electron chi connectivity index (χ1n) is 14.2. The number of carbonyl (C=O) groups excluding carboxylic acids is 2. The number of hydrogen-bond acceptors (Lipinski definition) is 5. The largest absolute Gasteiger partial charge is 0.376 e. The highest BCUT2D eigenvalue weighted by atomic mass is 35.5. The molecule has 0 radical (unpaired) electrons. The Morgan fingerprint density at radius 3 is 2.68 bits per heavy atom. The van der Waals surface area contributed by atoms with E-state index in [1.54, 1.807) is 4.90 Å². The standard InChI is InChI=1S/C30H40ClN3O4/c1-21(2)19-37-25-16-30(29(36)34(18-25)17-22-9-11-24(31)12-10-22)13-6-14-33(20-30)28(35)27-15-26(32-38-27)23-7-4-3-5-8-23/h9-12,15,21,23,25H,3-8,13-14,16-20H2,1-2H3/t25-,30+/m0/s1. The second-order valence-corrected chi connectivity index (χ2v) is 12.4. The average molecular weight is 542 g/mol. The lowest BCUT2D eigenvalue weighted by atomic mass is 9.72. The first kappa shape index (κ1) is 27.2. The van der Waals surface area contributed by atoms with Crippen molar-refractivity contribution < 1.29 is 18.8 Å². The molecule has 2 aliphatic heterocycles. The molecule has 2 amide bonds. The van der Waals surface area contributed by atoms with Gasteiger partial charge in [0.05, 0.1) is 17.2 Å². The van der Waals surface area contributed by atoms with Crippen LogP contribution in [0.5, 0.6) is 0 Å². The van der Waals surface area contributed by atoms with Crippen molar-refractivity contribution in [3.05, 3.63) is 52.4 Å². The first-order valence-corrected chi connectivity index (χ1v) is 14.6. The third-order valence-corrected chi connectivity index (χ3v) is 8.61. The molecule has 2 aromatic rings. The van der Waals surface area contributed by atoms with Crippen LogP contribution in [-0.2, 0) is 16.1 Å². The molecule has 0 bridgehead atoms. The predicted octanol–water partition coefficient (Wildman–Crippen LogP) is 6.07. The maximum absolute atomic E-state index is 14.0. The minimum Gasteiger partial charge on any atom is -0.376 e. The van der Waals surface area contributed by atoms with Gasteiger partial charge in [-0.05, 0) is 55.7 Å². The normalized spacial score (nSPS) is 24.9. The molecule has 1 aromatic heterocycles. The van der Waals surface area contributed by atoms with Crippen molar-refractivity contribution >= 4 is 23.4 Å². The van der Waals surface area contributed by atoms with Gasteiger partial charge in [-0.15, -0.1) is 0 Å². The van der Waals surface area contributed by atoms with Gasteiger partial charge < -0.3 is 19.1 Å². The average Bonchev–Trinajstić information content (AvgIpc) is 3.42. The molecule has 3 heterocycles. The molecule has 0 unspecified atom stereocenters. The predicted molar refractivity (Wildman–Crippen MR) is 146 cm³/mol. The smallest absolute Gasteiger partial charge is 0.292 e. The second-order valence-electron chi connectivity index (χ2n) is 11.9. The lowest BCUT2D eigenvalue weighted by Crippen LogP contribution is -2.60. The van der Waals surface area contributed by atoms with Crippen LogP contribution in [0.3, 0.4) is 0 Å². The van der Waals surface area contributed by atoms with Crippen molar-refractivity contribution in [2.45, 2.75) is 83.8 Å². The fourth-order valence-corrected chi connectivity index (χ4v) is 6.55. The van der Waals surface area contributed by atoms with E-state index in [0.29, 0.717) is 56.1 Å². The Balaban J connectivity index is 1.34. The number of halogens is 1. The van der Waals surface area contributed by atoms with E-state index < -0.39 is 5.41 Å². The summed E-state index contributed by atoms with van der Waals surface area (Å²) in [6.07, 6.45) is 7.94. The molecule has 206 valence electrons. The van der Waals surface area contributed by atoms with Gasteiger partial charge in [0.1, 0.15) is 0 Å². The molecule has 7 nitrogen and oxygen atoms in total. The third-order valence-electron chi connectivity index (χ3n) is 8.36. The quantitative estimate of drug-likeness (QED) is 0.425. The fourth-order valence-electron chi connectivity index (χ4n) is 6.42. The van der Waals surface area contributed by atoms with E-state index in [2.05, 4.69) is 19.0 Å². The van der Waals surface area contributed by atoms with Gasteiger partial charge in [-0.3, -0.25) is 9.59 Å². The first-order chi connectivity index (χ1) is 18.3. The van der Waals surface area contributed by atoms with Crippen molar-refractivity contribution in [3.8, 4) is 0 Å². The summed E-state index contributed by atoms with van der Waals surface area (Å²) in [5, 5.41) is 4.94. The minimum absolute atomic E-state index is 0.0689. The second kappa shape index (κ2) is 11.8. The molecular weight excluding hydrogens is 502 g/mol. The van der Waals surface area contributed by atoms with Gasteiger partial charge in [-0.2, -0.15) is 0 Å². The van der Waals surface area contributed by atoms with E-state index in [-0.39, 0.29) is 23.7 Å². The van der Waals surface area contributed by atoms with Gasteiger partial charge in [-0.1, -0.05) is 62.0 Å². The summed E-state index contributed by atoms with van der Waals surface area (Å²) in [5.41, 5.74) is 1.26. The number of benzene rings is 1. The van der Waals surface area contributed by atoms with Gasteiger partial charge in [0.2, 0.25) is 11.7 Å². The van der Waals surface area contributed by atoms with E-state index >= 15 is 0 Å². The zero-order chi connectivity index (χ0) is 26.7. The monoisotopic (exact) mass is 541 g/mol. The van der Waals surface area contributed by atoms with Crippen LogP contribution in [0.4, 0.5) is 0 Å². The molecule has 0 N–H and O–H groups in total. The van der Waals surface area contributed by atoms with Gasteiger partial charge >= 0.3 is 0 Å². The number of hydrogen-bond donors (Lipinski definition) is 0. The van der Waals surface area contributed by atoms with Crippen LogP contribution in [0.25, 0.3) is 0 Å². The van der Waals surface area contributed by atoms with Gasteiger partial charge in [0, 0.05) is 49.8 Å². The highest BCUT2D eigenvalue weighted by Crippen LogP contribution is 2.42. The lowest BCUT2D eigenvalue weighted by molar-refractivity contribution is -0.160. The zero-order valence-electron chi connectivity index (χ0n) is 22.7. The maximum Gasteiger partial charge on any atom is 0.292 e. The Kier molecular flexibility index (Phi) is 8.44. The topological polar surface area (TPSA) is 75.9 Å². The van der Waals surface area contributed by atoms with Crippen LogP contribution in [-0.4, -0.2) is 59.1 Å². The number of ether oxygens (including phenoxy) is 1. The summed E-state index contributed by atoms with van der Waals surface area (Å²) in [6.45, 7) is 6.96.